The van der Waals surface area contributed by atoms with Gasteiger partial charge in [0.25, 0.3) is 0 Å². The van der Waals surface area contributed by atoms with E-state index in [1.165, 1.54) is 21.6 Å². The standard InChI is InChI=1S/C18H21N3S2/c1-4-9-21-17(16-10-14(3)22-12-16)19-20-18(21)23-11-15-8-6-5-7-13(15)2/h5-8,10,12H,4,9,11H2,1-3H3. The van der Waals surface area contributed by atoms with Crippen molar-refractivity contribution in [2.75, 3.05) is 0 Å². The van der Waals surface area contributed by atoms with Crippen molar-refractivity contribution >= 4 is 23.1 Å². The van der Waals surface area contributed by atoms with Gasteiger partial charge >= 0.3 is 0 Å². The average molecular weight is 344 g/mol. The molecule has 0 aliphatic heterocycles. The van der Waals surface area contributed by atoms with Crippen molar-refractivity contribution < 1.29 is 0 Å². The molecule has 0 saturated heterocycles. The van der Waals surface area contributed by atoms with Gasteiger partial charge in [-0.15, -0.1) is 21.5 Å². The highest BCUT2D eigenvalue weighted by molar-refractivity contribution is 7.98. The Balaban J connectivity index is 1.85. The summed E-state index contributed by atoms with van der Waals surface area (Å²) in [6, 6.07) is 10.7. The van der Waals surface area contributed by atoms with E-state index in [-0.39, 0.29) is 0 Å². The van der Waals surface area contributed by atoms with Gasteiger partial charge in [0.1, 0.15) is 0 Å². The second-order valence-corrected chi connectivity index (χ2v) is 7.68. The fraction of sp³-hybridized carbons (Fsp3) is 0.333. The van der Waals surface area contributed by atoms with Crippen molar-refractivity contribution in [1.29, 1.82) is 0 Å². The van der Waals surface area contributed by atoms with E-state index in [4.69, 9.17) is 0 Å². The Morgan fingerprint density at radius 3 is 2.70 bits per heavy atom. The van der Waals surface area contributed by atoms with Crippen LogP contribution in [-0.4, -0.2) is 14.8 Å². The second kappa shape index (κ2) is 7.32. The molecule has 2 aromatic heterocycles. The first-order chi connectivity index (χ1) is 11.2. The minimum Gasteiger partial charge on any atom is -0.302 e. The van der Waals surface area contributed by atoms with Crippen LogP contribution in [0.5, 0.6) is 0 Å². The molecule has 23 heavy (non-hydrogen) atoms. The zero-order chi connectivity index (χ0) is 16.2. The summed E-state index contributed by atoms with van der Waals surface area (Å²) in [5.41, 5.74) is 3.86. The molecule has 0 unspecified atom stereocenters. The molecule has 0 bridgehead atoms. The average Bonchev–Trinajstić information content (AvgIpc) is 3.13. The zero-order valence-electron chi connectivity index (χ0n) is 13.7. The van der Waals surface area contributed by atoms with E-state index in [1.54, 1.807) is 23.1 Å². The van der Waals surface area contributed by atoms with Crippen LogP contribution < -0.4 is 0 Å². The number of thioether (sulfide) groups is 1. The van der Waals surface area contributed by atoms with Crippen LogP contribution in [0.1, 0.15) is 29.3 Å². The van der Waals surface area contributed by atoms with Crippen LogP contribution in [0.15, 0.2) is 40.9 Å². The maximum absolute atomic E-state index is 4.45. The quantitative estimate of drug-likeness (QED) is 0.567. The summed E-state index contributed by atoms with van der Waals surface area (Å²) >= 11 is 3.53. The highest BCUT2D eigenvalue weighted by Crippen LogP contribution is 2.29. The van der Waals surface area contributed by atoms with Gasteiger partial charge in [0, 0.05) is 28.1 Å². The molecular weight excluding hydrogens is 322 g/mol. The fourth-order valence-electron chi connectivity index (χ4n) is 2.51. The summed E-state index contributed by atoms with van der Waals surface area (Å²) in [6.07, 6.45) is 1.08. The van der Waals surface area contributed by atoms with Crippen molar-refractivity contribution in [2.24, 2.45) is 0 Å². The maximum atomic E-state index is 4.45. The number of benzene rings is 1. The highest BCUT2D eigenvalue weighted by Gasteiger charge is 2.15. The van der Waals surface area contributed by atoms with Crippen LogP contribution in [0.4, 0.5) is 0 Å². The van der Waals surface area contributed by atoms with Crippen LogP contribution in [-0.2, 0) is 12.3 Å². The Morgan fingerprint density at radius 2 is 2.00 bits per heavy atom. The first-order valence-corrected chi connectivity index (χ1v) is 9.71. The first-order valence-electron chi connectivity index (χ1n) is 7.85. The van der Waals surface area contributed by atoms with Crippen LogP contribution in [0.3, 0.4) is 0 Å². The van der Waals surface area contributed by atoms with Crippen LogP contribution in [0, 0.1) is 13.8 Å². The molecule has 2 heterocycles. The Kier molecular flexibility index (Phi) is 5.18. The number of aromatic nitrogens is 3. The smallest absolute Gasteiger partial charge is 0.191 e. The summed E-state index contributed by atoms with van der Waals surface area (Å²) in [7, 11) is 0. The van der Waals surface area contributed by atoms with Crippen molar-refractivity contribution in [2.45, 2.75) is 44.6 Å². The Hall–Kier alpha value is -1.59. The SMILES string of the molecule is CCCn1c(SCc2ccccc2C)nnc1-c1csc(C)c1. The minimum atomic E-state index is 0.928. The van der Waals surface area contributed by atoms with Crippen LogP contribution in [0.25, 0.3) is 11.4 Å². The van der Waals surface area contributed by atoms with Gasteiger partial charge in [-0.1, -0.05) is 43.0 Å². The van der Waals surface area contributed by atoms with Crippen molar-refractivity contribution in [3.63, 3.8) is 0 Å². The number of rotatable bonds is 6. The molecule has 5 heteroatoms. The third-order valence-corrected chi connectivity index (χ3v) is 5.65. The molecule has 0 saturated carbocycles. The van der Waals surface area contributed by atoms with E-state index in [1.807, 2.05) is 0 Å². The van der Waals surface area contributed by atoms with Gasteiger partial charge in [-0.25, -0.2) is 0 Å². The summed E-state index contributed by atoms with van der Waals surface area (Å²) in [5, 5.41) is 12.1. The van der Waals surface area contributed by atoms with E-state index in [2.05, 4.69) is 71.2 Å². The summed E-state index contributed by atoms with van der Waals surface area (Å²) < 4.78 is 2.25. The summed E-state index contributed by atoms with van der Waals surface area (Å²) in [4.78, 5) is 1.31. The lowest BCUT2D eigenvalue weighted by atomic mass is 10.1. The van der Waals surface area contributed by atoms with Crippen molar-refractivity contribution in [3.05, 3.63) is 51.7 Å². The highest BCUT2D eigenvalue weighted by atomic mass is 32.2. The Labute approximate surface area is 145 Å². The number of hydrogen-bond donors (Lipinski definition) is 0. The van der Waals surface area contributed by atoms with Crippen LogP contribution >= 0.6 is 23.1 Å². The predicted octanol–water partition coefficient (Wildman–Crippen LogP) is 5.33. The first kappa shape index (κ1) is 16.3. The molecule has 120 valence electrons. The molecule has 0 aliphatic rings. The molecule has 1 aromatic carbocycles. The van der Waals surface area contributed by atoms with Gasteiger partial charge in [-0.3, -0.25) is 0 Å². The van der Waals surface area contributed by atoms with Gasteiger partial charge in [-0.05, 0) is 37.5 Å². The lowest BCUT2D eigenvalue weighted by molar-refractivity contribution is 0.626. The Morgan fingerprint density at radius 1 is 1.17 bits per heavy atom. The summed E-state index contributed by atoms with van der Waals surface area (Å²) in [6.45, 7) is 7.43. The number of aryl methyl sites for hydroxylation is 2. The molecule has 0 N–H and O–H groups in total. The topological polar surface area (TPSA) is 30.7 Å². The van der Waals surface area contributed by atoms with Gasteiger partial charge in [0.15, 0.2) is 11.0 Å². The van der Waals surface area contributed by atoms with Crippen molar-refractivity contribution in [3.8, 4) is 11.4 Å². The van der Waals surface area contributed by atoms with E-state index >= 15 is 0 Å². The molecule has 0 atom stereocenters. The van der Waals surface area contributed by atoms with Crippen LogP contribution in [0.2, 0.25) is 0 Å². The maximum Gasteiger partial charge on any atom is 0.191 e. The molecule has 3 rings (SSSR count). The second-order valence-electron chi connectivity index (χ2n) is 5.62. The molecule has 0 fully saturated rings. The molecule has 0 spiro atoms. The molecule has 0 radical (unpaired) electrons. The van der Waals surface area contributed by atoms with E-state index in [0.717, 1.165) is 29.7 Å². The summed E-state index contributed by atoms with van der Waals surface area (Å²) in [5.74, 6) is 1.92. The molecule has 0 aliphatic carbocycles. The van der Waals surface area contributed by atoms with E-state index < -0.39 is 0 Å². The number of thiophene rings is 1. The monoisotopic (exact) mass is 343 g/mol. The van der Waals surface area contributed by atoms with E-state index in [0.29, 0.717) is 0 Å². The Bertz CT molecular complexity index is 789. The largest absolute Gasteiger partial charge is 0.302 e. The molecular formula is C18H21N3S2. The normalized spacial score (nSPS) is 11.1. The molecule has 3 nitrogen and oxygen atoms in total. The van der Waals surface area contributed by atoms with Gasteiger partial charge < -0.3 is 4.57 Å². The third kappa shape index (κ3) is 3.67. The third-order valence-electron chi connectivity index (χ3n) is 3.77. The van der Waals surface area contributed by atoms with Gasteiger partial charge in [0.05, 0.1) is 0 Å². The number of nitrogens with zero attached hydrogens (tertiary/aromatic N) is 3. The number of hydrogen-bond acceptors (Lipinski definition) is 4. The van der Waals surface area contributed by atoms with E-state index in [9.17, 15) is 0 Å². The minimum absolute atomic E-state index is 0.928. The van der Waals surface area contributed by atoms with Gasteiger partial charge in [-0.2, -0.15) is 0 Å². The zero-order valence-corrected chi connectivity index (χ0v) is 15.4. The molecule has 3 aromatic rings. The van der Waals surface area contributed by atoms with Crippen molar-refractivity contribution in [1.82, 2.24) is 14.8 Å². The lowest BCUT2D eigenvalue weighted by Gasteiger charge is -2.09. The predicted molar refractivity (Wildman–Crippen MR) is 99.1 cm³/mol. The lowest BCUT2D eigenvalue weighted by Crippen LogP contribution is -2.01. The molecule has 0 amide bonds. The van der Waals surface area contributed by atoms with Gasteiger partial charge in [0.2, 0.25) is 0 Å². The fourth-order valence-corrected chi connectivity index (χ4v) is 4.23.